The first kappa shape index (κ1) is 16.3. The summed E-state index contributed by atoms with van der Waals surface area (Å²) in [5, 5.41) is 22.5. The number of rotatable bonds is 3. The Morgan fingerprint density at radius 1 is 0.962 bits per heavy atom. The monoisotopic (exact) mass is 381 g/mol. The van der Waals surface area contributed by atoms with Crippen molar-refractivity contribution in [2.75, 3.05) is 0 Å². The van der Waals surface area contributed by atoms with E-state index in [0.717, 1.165) is 0 Å². The molecule has 6 nitrogen and oxygen atoms in total. The van der Waals surface area contributed by atoms with Gasteiger partial charge >= 0.3 is 0 Å². The van der Waals surface area contributed by atoms with Gasteiger partial charge in [0.15, 0.2) is 11.5 Å². The quantitative estimate of drug-likeness (QED) is 0.511. The van der Waals surface area contributed by atoms with Crippen LogP contribution >= 0.6 is 23.2 Å². The molecule has 2 heterocycles. The minimum atomic E-state index is 0.355. The Morgan fingerprint density at radius 3 is 2.50 bits per heavy atom. The van der Waals surface area contributed by atoms with E-state index in [-0.39, 0.29) is 0 Å². The SMILES string of the molecule is N#Cc1ccc(Oc2ccc3nnc(-c4ccc(Cl)cc4Cl)n3n2)cc1. The maximum atomic E-state index is 8.85. The molecule has 0 aliphatic carbocycles. The van der Waals surface area contributed by atoms with E-state index >= 15 is 0 Å². The normalized spacial score (nSPS) is 10.7. The Bertz CT molecular complexity index is 1150. The van der Waals surface area contributed by atoms with Crippen LogP contribution in [0.5, 0.6) is 11.6 Å². The lowest BCUT2D eigenvalue weighted by molar-refractivity contribution is 0.453. The van der Waals surface area contributed by atoms with Crippen molar-refractivity contribution in [3.8, 4) is 29.1 Å². The summed E-state index contributed by atoms with van der Waals surface area (Å²) in [5.74, 6) is 1.40. The van der Waals surface area contributed by atoms with E-state index in [1.165, 1.54) is 0 Å². The van der Waals surface area contributed by atoms with Crippen molar-refractivity contribution in [2.24, 2.45) is 0 Å². The largest absolute Gasteiger partial charge is 0.438 e. The summed E-state index contributed by atoms with van der Waals surface area (Å²) in [7, 11) is 0. The van der Waals surface area contributed by atoms with E-state index in [9.17, 15) is 0 Å². The van der Waals surface area contributed by atoms with Crippen LogP contribution in [-0.4, -0.2) is 19.8 Å². The van der Waals surface area contributed by atoms with Gasteiger partial charge in [0.25, 0.3) is 0 Å². The second-order valence-corrected chi connectivity index (χ2v) is 6.17. The third-order valence-electron chi connectivity index (χ3n) is 3.62. The van der Waals surface area contributed by atoms with Crippen LogP contribution in [-0.2, 0) is 0 Å². The molecule has 4 rings (SSSR count). The second-order valence-electron chi connectivity index (χ2n) is 5.33. The average molecular weight is 382 g/mol. The number of nitriles is 1. The van der Waals surface area contributed by atoms with Crippen LogP contribution in [0.2, 0.25) is 10.0 Å². The maximum absolute atomic E-state index is 8.85. The summed E-state index contributed by atoms with van der Waals surface area (Å²) in [6.07, 6.45) is 0. The number of fused-ring (bicyclic) bond motifs is 1. The first-order valence-electron chi connectivity index (χ1n) is 7.50. The number of benzene rings is 2. The van der Waals surface area contributed by atoms with Gasteiger partial charge in [-0.25, -0.2) is 0 Å². The molecule has 0 saturated carbocycles. The zero-order valence-electron chi connectivity index (χ0n) is 13.1. The number of ether oxygens (including phenoxy) is 1. The Balaban J connectivity index is 1.73. The van der Waals surface area contributed by atoms with Crippen LogP contribution in [0.1, 0.15) is 5.56 Å². The fraction of sp³-hybridized carbons (Fsp3) is 0. The fourth-order valence-corrected chi connectivity index (χ4v) is 2.88. The minimum absolute atomic E-state index is 0.355. The first-order valence-corrected chi connectivity index (χ1v) is 8.25. The summed E-state index contributed by atoms with van der Waals surface area (Å²) >= 11 is 12.2. The molecule has 126 valence electrons. The Hall–Kier alpha value is -3.14. The molecule has 0 amide bonds. The number of halogens is 2. The summed E-state index contributed by atoms with van der Waals surface area (Å²) in [5.41, 5.74) is 1.77. The van der Waals surface area contributed by atoms with E-state index in [0.29, 0.717) is 44.3 Å². The zero-order valence-corrected chi connectivity index (χ0v) is 14.6. The minimum Gasteiger partial charge on any atom is -0.438 e. The summed E-state index contributed by atoms with van der Waals surface area (Å²) in [6.45, 7) is 0. The molecule has 8 heteroatoms. The molecule has 26 heavy (non-hydrogen) atoms. The lowest BCUT2D eigenvalue weighted by Gasteiger charge is -2.06. The number of aromatic nitrogens is 4. The van der Waals surface area contributed by atoms with Crippen molar-refractivity contribution in [1.82, 2.24) is 19.8 Å². The third kappa shape index (κ3) is 3.06. The van der Waals surface area contributed by atoms with E-state index in [1.807, 2.05) is 0 Å². The highest BCUT2D eigenvalue weighted by atomic mass is 35.5. The van der Waals surface area contributed by atoms with Crippen LogP contribution in [0.25, 0.3) is 17.0 Å². The molecule has 2 aromatic heterocycles. The van der Waals surface area contributed by atoms with Gasteiger partial charge in [0.2, 0.25) is 5.88 Å². The molecule has 0 saturated heterocycles. The van der Waals surface area contributed by atoms with Gasteiger partial charge in [0.05, 0.1) is 16.7 Å². The van der Waals surface area contributed by atoms with Crippen LogP contribution < -0.4 is 4.74 Å². The number of hydrogen-bond acceptors (Lipinski definition) is 5. The Kier molecular flexibility index (Phi) is 4.17. The van der Waals surface area contributed by atoms with Crippen LogP contribution in [0.3, 0.4) is 0 Å². The smallest absolute Gasteiger partial charge is 0.237 e. The topological polar surface area (TPSA) is 76.1 Å². The van der Waals surface area contributed by atoms with E-state index < -0.39 is 0 Å². The molecule has 0 unspecified atom stereocenters. The highest BCUT2D eigenvalue weighted by Crippen LogP contribution is 2.29. The molecular formula is C18H9Cl2N5O. The van der Waals surface area contributed by atoms with Crippen molar-refractivity contribution < 1.29 is 4.74 Å². The van der Waals surface area contributed by atoms with Crippen molar-refractivity contribution in [2.45, 2.75) is 0 Å². The van der Waals surface area contributed by atoms with Crippen LogP contribution in [0.4, 0.5) is 0 Å². The lowest BCUT2D eigenvalue weighted by Crippen LogP contribution is -1.98. The highest BCUT2D eigenvalue weighted by Gasteiger charge is 2.14. The predicted octanol–water partition coefficient (Wildman–Crippen LogP) is 4.76. The predicted molar refractivity (Wildman–Crippen MR) is 97.5 cm³/mol. The van der Waals surface area contributed by atoms with Gasteiger partial charge in [-0.05, 0) is 48.5 Å². The first-order chi connectivity index (χ1) is 12.6. The van der Waals surface area contributed by atoms with E-state index in [2.05, 4.69) is 21.4 Å². The Labute approximate surface area is 158 Å². The van der Waals surface area contributed by atoms with Gasteiger partial charge < -0.3 is 4.74 Å². The lowest BCUT2D eigenvalue weighted by atomic mass is 10.2. The average Bonchev–Trinajstić information content (AvgIpc) is 3.05. The fourth-order valence-electron chi connectivity index (χ4n) is 2.38. The van der Waals surface area contributed by atoms with Crippen molar-refractivity contribution in [3.05, 3.63) is 70.2 Å². The van der Waals surface area contributed by atoms with Gasteiger partial charge in [-0.15, -0.1) is 15.3 Å². The number of nitrogens with zero attached hydrogens (tertiary/aromatic N) is 5. The van der Waals surface area contributed by atoms with Crippen molar-refractivity contribution >= 4 is 28.8 Å². The molecule has 0 bridgehead atoms. The summed E-state index contributed by atoms with van der Waals surface area (Å²) in [4.78, 5) is 0. The molecule has 0 fully saturated rings. The molecule has 0 spiro atoms. The molecule has 0 radical (unpaired) electrons. The Morgan fingerprint density at radius 2 is 1.77 bits per heavy atom. The van der Waals surface area contributed by atoms with Gasteiger partial charge in [0.1, 0.15) is 5.75 Å². The van der Waals surface area contributed by atoms with Gasteiger partial charge in [-0.3, -0.25) is 0 Å². The van der Waals surface area contributed by atoms with Crippen LogP contribution in [0.15, 0.2) is 54.6 Å². The standard InChI is InChI=1S/C18H9Cl2N5O/c19-12-3-6-14(15(20)9-12)18-23-22-16-7-8-17(24-25(16)18)26-13-4-1-11(10-21)2-5-13/h1-9H. The molecule has 0 N–H and O–H groups in total. The van der Waals surface area contributed by atoms with Gasteiger partial charge in [-0.2, -0.15) is 9.78 Å². The van der Waals surface area contributed by atoms with Crippen molar-refractivity contribution in [3.63, 3.8) is 0 Å². The maximum Gasteiger partial charge on any atom is 0.237 e. The summed E-state index contributed by atoms with van der Waals surface area (Å²) < 4.78 is 7.29. The highest BCUT2D eigenvalue weighted by molar-refractivity contribution is 6.36. The second kappa shape index (κ2) is 6.64. The molecule has 0 atom stereocenters. The molecular weight excluding hydrogens is 373 g/mol. The molecule has 4 aromatic rings. The van der Waals surface area contributed by atoms with E-state index in [4.69, 9.17) is 33.2 Å². The number of hydrogen-bond donors (Lipinski definition) is 0. The zero-order chi connectivity index (χ0) is 18.1. The molecule has 0 aliphatic rings. The third-order valence-corrected chi connectivity index (χ3v) is 4.16. The van der Waals surface area contributed by atoms with E-state index in [1.54, 1.807) is 59.1 Å². The van der Waals surface area contributed by atoms with Gasteiger partial charge in [-0.1, -0.05) is 23.2 Å². The molecule has 0 aliphatic heterocycles. The summed E-state index contributed by atoms with van der Waals surface area (Å²) in [6, 6.07) is 17.4. The molecule has 2 aromatic carbocycles. The van der Waals surface area contributed by atoms with Crippen molar-refractivity contribution in [1.29, 1.82) is 5.26 Å². The van der Waals surface area contributed by atoms with Crippen LogP contribution in [0, 0.1) is 11.3 Å². The van der Waals surface area contributed by atoms with Gasteiger partial charge in [0, 0.05) is 16.7 Å².